The van der Waals surface area contributed by atoms with Crippen molar-refractivity contribution in [2.75, 3.05) is 0 Å². The fourth-order valence-electron chi connectivity index (χ4n) is 1.38. The van der Waals surface area contributed by atoms with Gasteiger partial charge in [0.15, 0.2) is 0 Å². The van der Waals surface area contributed by atoms with Crippen LogP contribution in [0.1, 0.15) is 43.6 Å². The van der Waals surface area contributed by atoms with E-state index in [4.69, 9.17) is 0 Å². The van der Waals surface area contributed by atoms with Crippen molar-refractivity contribution in [3.8, 4) is 0 Å². The highest BCUT2D eigenvalue weighted by molar-refractivity contribution is 5.80. The van der Waals surface area contributed by atoms with Gasteiger partial charge >= 0.3 is 0 Å². The summed E-state index contributed by atoms with van der Waals surface area (Å²) < 4.78 is 0. The number of carbonyl (C=O) groups excluding carboxylic acids is 1. The van der Waals surface area contributed by atoms with Crippen molar-refractivity contribution in [2.24, 2.45) is 0 Å². The maximum Gasteiger partial charge on any atom is 0.138 e. The quantitative estimate of drug-likeness (QED) is 0.728. The molecule has 3 nitrogen and oxygen atoms in total. The third kappa shape index (κ3) is 2.16. The Hall–Kier alpha value is -1.25. The summed E-state index contributed by atoms with van der Waals surface area (Å²) in [6, 6.07) is 1.83. The highest BCUT2D eigenvalue weighted by Crippen LogP contribution is 2.37. The highest BCUT2D eigenvalue weighted by Gasteiger charge is 2.26. The number of aromatic nitrogens is 2. The topological polar surface area (TPSA) is 42.9 Å². The van der Waals surface area contributed by atoms with Gasteiger partial charge in [0.05, 0.1) is 5.69 Å². The molecule has 74 valence electrons. The molecule has 1 heterocycles. The van der Waals surface area contributed by atoms with E-state index in [1.807, 2.05) is 13.0 Å². The van der Waals surface area contributed by atoms with E-state index >= 15 is 0 Å². The zero-order chi connectivity index (χ0) is 9.97. The van der Waals surface area contributed by atoms with Crippen LogP contribution in [0.4, 0.5) is 0 Å². The normalized spacial score (nSPS) is 15.5. The van der Waals surface area contributed by atoms with Gasteiger partial charge in [0.25, 0.3) is 0 Å². The van der Waals surface area contributed by atoms with Crippen molar-refractivity contribution < 1.29 is 4.79 Å². The van der Waals surface area contributed by atoms with Gasteiger partial charge < -0.3 is 0 Å². The van der Waals surface area contributed by atoms with Gasteiger partial charge in [-0.1, -0.05) is 6.92 Å². The lowest BCUT2D eigenvalue weighted by Crippen LogP contribution is -2.04. The first kappa shape index (κ1) is 9.31. The van der Waals surface area contributed by atoms with E-state index in [1.54, 1.807) is 6.20 Å². The Morgan fingerprint density at radius 1 is 1.57 bits per heavy atom. The second kappa shape index (κ2) is 3.86. The van der Waals surface area contributed by atoms with Crippen LogP contribution in [-0.2, 0) is 11.2 Å². The second-order valence-electron chi connectivity index (χ2n) is 3.75. The average molecular weight is 190 g/mol. The van der Waals surface area contributed by atoms with E-state index in [0.717, 1.165) is 11.5 Å². The summed E-state index contributed by atoms with van der Waals surface area (Å²) in [7, 11) is 0. The Bertz CT molecular complexity index is 345. The molecule has 0 bridgehead atoms. The Labute approximate surface area is 83.6 Å². The van der Waals surface area contributed by atoms with Gasteiger partial charge in [-0.05, 0) is 18.9 Å². The fraction of sp³-hybridized carbons (Fsp3) is 0.545. The first-order valence-corrected chi connectivity index (χ1v) is 5.13. The molecule has 1 fully saturated rings. The summed E-state index contributed by atoms with van der Waals surface area (Å²) in [5, 5.41) is 0. The molecule has 1 aromatic rings. The monoisotopic (exact) mass is 190 g/mol. The molecule has 0 saturated heterocycles. The lowest BCUT2D eigenvalue weighted by atomic mass is 10.2. The zero-order valence-electron chi connectivity index (χ0n) is 8.36. The molecule has 14 heavy (non-hydrogen) atoms. The SMILES string of the molecule is CCC(=O)Cc1ccnc(C2CC2)n1. The molecule has 1 aliphatic rings. The number of nitrogens with zero attached hydrogens (tertiary/aromatic N) is 2. The largest absolute Gasteiger partial charge is 0.299 e. The maximum absolute atomic E-state index is 11.2. The molecule has 0 N–H and O–H groups in total. The van der Waals surface area contributed by atoms with Crippen LogP contribution in [0, 0.1) is 0 Å². The number of Topliss-reactive ketones (excluding diaryl/α,β-unsaturated/α-hetero) is 1. The molecular formula is C11H14N2O. The van der Waals surface area contributed by atoms with E-state index in [0.29, 0.717) is 18.8 Å². The second-order valence-corrected chi connectivity index (χ2v) is 3.75. The van der Waals surface area contributed by atoms with Crippen LogP contribution in [0.2, 0.25) is 0 Å². The summed E-state index contributed by atoms with van der Waals surface area (Å²) in [6.45, 7) is 1.88. The van der Waals surface area contributed by atoms with Crippen molar-refractivity contribution in [2.45, 2.75) is 38.5 Å². The first-order chi connectivity index (χ1) is 6.79. The van der Waals surface area contributed by atoms with Gasteiger partial charge in [0.1, 0.15) is 11.6 Å². The molecule has 1 aliphatic carbocycles. The van der Waals surface area contributed by atoms with E-state index in [-0.39, 0.29) is 5.78 Å². The summed E-state index contributed by atoms with van der Waals surface area (Å²) in [5.41, 5.74) is 0.869. The van der Waals surface area contributed by atoms with Gasteiger partial charge in [-0.15, -0.1) is 0 Å². The molecule has 1 aromatic heterocycles. The number of hydrogen-bond acceptors (Lipinski definition) is 3. The minimum atomic E-state index is 0.241. The van der Waals surface area contributed by atoms with Crippen LogP contribution in [0.15, 0.2) is 12.3 Å². The minimum absolute atomic E-state index is 0.241. The molecule has 0 aromatic carbocycles. The Morgan fingerprint density at radius 2 is 2.36 bits per heavy atom. The highest BCUT2D eigenvalue weighted by atomic mass is 16.1. The van der Waals surface area contributed by atoms with Gasteiger partial charge in [-0.2, -0.15) is 0 Å². The van der Waals surface area contributed by atoms with E-state index in [9.17, 15) is 4.79 Å². The van der Waals surface area contributed by atoms with Gasteiger partial charge in [-0.3, -0.25) is 4.79 Å². The van der Waals surface area contributed by atoms with Crippen molar-refractivity contribution in [1.29, 1.82) is 0 Å². The Balaban J connectivity index is 2.09. The summed E-state index contributed by atoms with van der Waals surface area (Å²) in [5.74, 6) is 1.73. The van der Waals surface area contributed by atoms with Crippen LogP contribution in [-0.4, -0.2) is 15.8 Å². The molecule has 0 spiro atoms. The molecule has 2 rings (SSSR count). The molecule has 0 unspecified atom stereocenters. The number of hydrogen-bond donors (Lipinski definition) is 0. The Kier molecular flexibility index (Phi) is 2.57. The summed E-state index contributed by atoms with van der Waals surface area (Å²) in [4.78, 5) is 19.8. The molecule has 0 radical (unpaired) electrons. The van der Waals surface area contributed by atoms with Crippen LogP contribution < -0.4 is 0 Å². The smallest absolute Gasteiger partial charge is 0.138 e. The molecular weight excluding hydrogens is 176 g/mol. The van der Waals surface area contributed by atoms with Crippen LogP contribution in [0.25, 0.3) is 0 Å². The van der Waals surface area contributed by atoms with Crippen LogP contribution in [0.5, 0.6) is 0 Å². The van der Waals surface area contributed by atoms with Gasteiger partial charge in [0.2, 0.25) is 0 Å². The van der Waals surface area contributed by atoms with Crippen LogP contribution in [0.3, 0.4) is 0 Å². The lowest BCUT2D eigenvalue weighted by molar-refractivity contribution is -0.118. The van der Waals surface area contributed by atoms with Crippen molar-refractivity contribution in [3.63, 3.8) is 0 Å². The van der Waals surface area contributed by atoms with E-state index < -0.39 is 0 Å². The molecule has 3 heteroatoms. The minimum Gasteiger partial charge on any atom is -0.299 e. The third-order valence-electron chi connectivity index (χ3n) is 2.45. The Morgan fingerprint density at radius 3 is 3.00 bits per heavy atom. The van der Waals surface area contributed by atoms with E-state index in [1.165, 1.54) is 12.8 Å². The van der Waals surface area contributed by atoms with E-state index in [2.05, 4.69) is 9.97 Å². The lowest BCUT2D eigenvalue weighted by Gasteiger charge is -2.00. The van der Waals surface area contributed by atoms with Crippen LogP contribution >= 0.6 is 0 Å². The predicted octanol–water partition coefficient (Wildman–Crippen LogP) is 1.88. The molecule has 1 saturated carbocycles. The zero-order valence-corrected chi connectivity index (χ0v) is 8.36. The van der Waals surface area contributed by atoms with Gasteiger partial charge in [0, 0.05) is 25.0 Å². The molecule has 0 aliphatic heterocycles. The molecule has 0 atom stereocenters. The van der Waals surface area contributed by atoms with Crippen molar-refractivity contribution in [3.05, 3.63) is 23.8 Å². The standard InChI is InChI=1S/C11H14N2O/c1-2-10(14)7-9-5-6-12-11(13-9)8-3-4-8/h5-6,8H,2-4,7H2,1H3. The summed E-state index contributed by atoms with van der Waals surface area (Å²) >= 11 is 0. The average Bonchev–Trinajstić information content (AvgIpc) is 3.01. The fourth-order valence-corrected chi connectivity index (χ4v) is 1.38. The third-order valence-corrected chi connectivity index (χ3v) is 2.45. The van der Waals surface area contributed by atoms with Crippen molar-refractivity contribution in [1.82, 2.24) is 9.97 Å². The molecule has 0 amide bonds. The first-order valence-electron chi connectivity index (χ1n) is 5.13. The number of ketones is 1. The van der Waals surface area contributed by atoms with Crippen molar-refractivity contribution >= 4 is 5.78 Å². The number of rotatable bonds is 4. The van der Waals surface area contributed by atoms with Gasteiger partial charge in [-0.25, -0.2) is 9.97 Å². The summed E-state index contributed by atoms with van der Waals surface area (Å²) in [6.07, 6.45) is 5.21. The number of carbonyl (C=O) groups is 1. The maximum atomic E-state index is 11.2. The predicted molar refractivity (Wildman–Crippen MR) is 53.0 cm³/mol.